The van der Waals surface area contributed by atoms with Crippen molar-refractivity contribution < 1.29 is 0 Å². The Morgan fingerprint density at radius 2 is 1.90 bits per heavy atom. The predicted molar refractivity (Wildman–Crippen MR) is 85.7 cm³/mol. The molecule has 1 aliphatic carbocycles. The van der Waals surface area contributed by atoms with E-state index in [4.69, 9.17) is 5.73 Å². The molecule has 0 radical (unpaired) electrons. The second-order valence-corrected chi connectivity index (χ2v) is 6.68. The number of hydrogen-bond acceptors (Lipinski definition) is 3. The van der Waals surface area contributed by atoms with Gasteiger partial charge in [-0.15, -0.1) is 0 Å². The minimum atomic E-state index is 0.187. The van der Waals surface area contributed by atoms with Crippen LogP contribution < -0.4 is 11.1 Å². The third-order valence-electron chi connectivity index (χ3n) is 4.33. The highest BCUT2D eigenvalue weighted by molar-refractivity contribution is 5.37. The van der Waals surface area contributed by atoms with E-state index in [2.05, 4.69) is 62.4 Å². The summed E-state index contributed by atoms with van der Waals surface area (Å²) >= 11 is 0. The Labute approximate surface area is 123 Å². The summed E-state index contributed by atoms with van der Waals surface area (Å²) < 4.78 is 0. The van der Waals surface area contributed by atoms with Gasteiger partial charge in [0.2, 0.25) is 0 Å². The molecule has 0 amide bonds. The lowest BCUT2D eigenvalue weighted by Crippen LogP contribution is -2.39. The molecule has 112 valence electrons. The lowest BCUT2D eigenvalue weighted by atomic mass is 10.0. The van der Waals surface area contributed by atoms with Crippen molar-refractivity contribution in [2.75, 3.05) is 20.6 Å². The Morgan fingerprint density at radius 1 is 1.25 bits per heavy atom. The first-order valence-electron chi connectivity index (χ1n) is 7.73. The van der Waals surface area contributed by atoms with Crippen LogP contribution in [0.4, 0.5) is 0 Å². The molecule has 3 nitrogen and oxygen atoms in total. The molecule has 2 rings (SSSR count). The zero-order valence-corrected chi connectivity index (χ0v) is 13.3. The van der Waals surface area contributed by atoms with E-state index >= 15 is 0 Å². The first kappa shape index (κ1) is 15.5. The van der Waals surface area contributed by atoms with Crippen LogP contribution in [0.25, 0.3) is 0 Å². The van der Waals surface area contributed by atoms with Crippen molar-refractivity contribution in [1.29, 1.82) is 0 Å². The molecular formula is C17H29N3. The van der Waals surface area contributed by atoms with E-state index in [-0.39, 0.29) is 6.04 Å². The van der Waals surface area contributed by atoms with E-state index in [0.29, 0.717) is 12.1 Å². The van der Waals surface area contributed by atoms with Crippen LogP contribution in [0.5, 0.6) is 0 Å². The first-order chi connectivity index (χ1) is 9.49. The molecule has 20 heavy (non-hydrogen) atoms. The summed E-state index contributed by atoms with van der Waals surface area (Å²) in [6, 6.07) is 9.76. The second-order valence-electron chi connectivity index (χ2n) is 6.68. The molecular weight excluding hydrogens is 246 g/mol. The van der Waals surface area contributed by atoms with E-state index in [1.807, 2.05) is 0 Å². The quantitative estimate of drug-likeness (QED) is 0.839. The van der Waals surface area contributed by atoms with Crippen LogP contribution in [-0.4, -0.2) is 31.6 Å². The van der Waals surface area contributed by atoms with Gasteiger partial charge in [-0.25, -0.2) is 0 Å². The van der Waals surface area contributed by atoms with Crippen LogP contribution in [0.1, 0.15) is 49.9 Å². The summed E-state index contributed by atoms with van der Waals surface area (Å²) in [6.07, 6.45) is 2.24. The smallest absolute Gasteiger partial charge is 0.0342 e. The van der Waals surface area contributed by atoms with Gasteiger partial charge < -0.3 is 16.0 Å². The number of hydrogen-bond donors (Lipinski definition) is 2. The van der Waals surface area contributed by atoms with Crippen molar-refractivity contribution in [3.63, 3.8) is 0 Å². The molecule has 0 heterocycles. The minimum Gasteiger partial charge on any atom is -0.324 e. The van der Waals surface area contributed by atoms with E-state index in [1.165, 1.54) is 17.5 Å². The predicted octanol–water partition coefficient (Wildman–Crippen LogP) is 2.70. The molecule has 3 unspecified atom stereocenters. The van der Waals surface area contributed by atoms with Crippen molar-refractivity contribution in [2.45, 2.75) is 44.8 Å². The fourth-order valence-corrected chi connectivity index (χ4v) is 3.17. The van der Waals surface area contributed by atoms with Crippen LogP contribution in [0.15, 0.2) is 24.3 Å². The molecule has 0 fully saturated rings. The van der Waals surface area contributed by atoms with Gasteiger partial charge in [-0.2, -0.15) is 0 Å². The third kappa shape index (κ3) is 3.60. The van der Waals surface area contributed by atoms with Crippen molar-refractivity contribution in [1.82, 2.24) is 10.2 Å². The van der Waals surface area contributed by atoms with E-state index in [0.717, 1.165) is 18.9 Å². The molecule has 0 spiro atoms. The number of nitrogens with one attached hydrogen (secondary N) is 1. The normalized spacial score (nSPS) is 23.4. The zero-order chi connectivity index (χ0) is 14.7. The minimum absolute atomic E-state index is 0.187. The average molecular weight is 275 g/mol. The lowest BCUT2D eigenvalue weighted by Gasteiger charge is -2.28. The zero-order valence-electron chi connectivity index (χ0n) is 13.3. The largest absolute Gasteiger partial charge is 0.324 e. The van der Waals surface area contributed by atoms with Crippen molar-refractivity contribution in [3.05, 3.63) is 35.4 Å². The molecule has 1 aromatic carbocycles. The lowest BCUT2D eigenvalue weighted by molar-refractivity contribution is 0.239. The number of nitrogens with zero attached hydrogens (tertiary/aromatic N) is 1. The fraction of sp³-hybridized carbons (Fsp3) is 0.647. The van der Waals surface area contributed by atoms with Crippen LogP contribution in [0.3, 0.4) is 0 Å². The van der Waals surface area contributed by atoms with Gasteiger partial charge in [0.15, 0.2) is 0 Å². The maximum Gasteiger partial charge on any atom is 0.0342 e. The number of rotatable bonds is 6. The summed E-state index contributed by atoms with van der Waals surface area (Å²) in [7, 11) is 4.34. The first-order valence-corrected chi connectivity index (χ1v) is 7.73. The van der Waals surface area contributed by atoms with Crippen LogP contribution in [0.2, 0.25) is 0 Å². The van der Waals surface area contributed by atoms with Gasteiger partial charge in [0.25, 0.3) is 0 Å². The summed E-state index contributed by atoms with van der Waals surface area (Å²) in [4.78, 5) is 2.33. The Hall–Kier alpha value is -0.900. The Balaban J connectivity index is 1.97. The van der Waals surface area contributed by atoms with Crippen LogP contribution in [0, 0.1) is 5.92 Å². The number of likely N-dealkylation sites (N-methyl/N-ethyl adjacent to an activating group) is 1. The molecule has 0 aromatic heterocycles. The molecule has 0 saturated heterocycles. The van der Waals surface area contributed by atoms with Crippen molar-refractivity contribution in [3.8, 4) is 0 Å². The summed E-state index contributed by atoms with van der Waals surface area (Å²) in [5.74, 6) is 0.724. The molecule has 1 aliphatic rings. The van der Waals surface area contributed by atoms with E-state index < -0.39 is 0 Å². The maximum absolute atomic E-state index is 6.23. The molecule has 3 heteroatoms. The highest BCUT2D eigenvalue weighted by Gasteiger charge is 2.28. The third-order valence-corrected chi connectivity index (χ3v) is 4.33. The van der Waals surface area contributed by atoms with Gasteiger partial charge in [0, 0.05) is 24.7 Å². The number of nitrogens with two attached hydrogens (primary N) is 1. The molecule has 0 aliphatic heterocycles. The average Bonchev–Trinajstić information content (AvgIpc) is 2.71. The summed E-state index contributed by atoms with van der Waals surface area (Å²) in [5.41, 5.74) is 8.94. The van der Waals surface area contributed by atoms with Gasteiger partial charge in [-0.3, -0.25) is 0 Å². The van der Waals surface area contributed by atoms with Gasteiger partial charge in [0.1, 0.15) is 0 Å². The van der Waals surface area contributed by atoms with Crippen molar-refractivity contribution in [2.24, 2.45) is 11.7 Å². The molecule has 3 N–H and O–H groups in total. The van der Waals surface area contributed by atoms with Gasteiger partial charge in [-0.05, 0) is 44.0 Å². The Morgan fingerprint density at radius 3 is 2.50 bits per heavy atom. The standard InChI is InChI=1S/C17H29N3/c1-12(2)9-13(20(3)4)11-19-17-10-16(18)14-7-5-6-8-15(14)17/h5-8,12-13,16-17,19H,9-11,18H2,1-4H3. The molecule has 0 saturated carbocycles. The van der Waals surface area contributed by atoms with Gasteiger partial charge >= 0.3 is 0 Å². The van der Waals surface area contributed by atoms with E-state index in [9.17, 15) is 0 Å². The molecule has 0 bridgehead atoms. The summed E-state index contributed by atoms with van der Waals surface area (Å²) in [6.45, 7) is 5.60. The molecule has 1 aromatic rings. The van der Waals surface area contributed by atoms with Crippen LogP contribution >= 0.6 is 0 Å². The van der Waals surface area contributed by atoms with Crippen LogP contribution in [-0.2, 0) is 0 Å². The number of benzene rings is 1. The highest BCUT2D eigenvalue weighted by atomic mass is 15.1. The monoisotopic (exact) mass is 275 g/mol. The Bertz CT molecular complexity index is 428. The van der Waals surface area contributed by atoms with Crippen molar-refractivity contribution >= 4 is 0 Å². The van der Waals surface area contributed by atoms with E-state index in [1.54, 1.807) is 0 Å². The second kappa shape index (κ2) is 6.70. The SMILES string of the molecule is CC(C)CC(CNC1CC(N)c2ccccc21)N(C)C. The Kier molecular flexibility index (Phi) is 5.19. The topological polar surface area (TPSA) is 41.3 Å². The number of fused-ring (bicyclic) bond motifs is 1. The fourth-order valence-electron chi connectivity index (χ4n) is 3.17. The van der Waals surface area contributed by atoms with Gasteiger partial charge in [0.05, 0.1) is 0 Å². The summed E-state index contributed by atoms with van der Waals surface area (Å²) in [5, 5.41) is 3.73. The maximum atomic E-state index is 6.23. The highest BCUT2D eigenvalue weighted by Crippen LogP contribution is 2.36. The van der Waals surface area contributed by atoms with Gasteiger partial charge in [-0.1, -0.05) is 38.1 Å². The molecule has 3 atom stereocenters.